The fourth-order valence-electron chi connectivity index (χ4n) is 2.94. The third-order valence-electron chi connectivity index (χ3n) is 4.71. The van der Waals surface area contributed by atoms with Crippen LogP contribution in [0.25, 0.3) is 6.08 Å². The van der Waals surface area contributed by atoms with Crippen molar-refractivity contribution in [2.45, 2.75) is 20.3 Å². The van der Waals surface area contributed by atoms with Crippen LogP contribution in [0.2, 0.25) is 0 Å². The van der Waals surface area contributed by atoms with Crippen LogP contribution in [0.3, 0.4) is 0 Å². The maximum Gasteiger partial charge on any atom is 0.266 e. The van der Waals surface area contributed by atoms with Crippen molar-refractivity contribution in [1.82, 2.24) is 4.90 Å². The van der Waals surface area contributed by atoms with Gasteiger partial charge in [-0.3, -0.25) is 9.69 Å². The molecule has 0 spiro atoms. The zero-order chi connectivity index (χ0) is 21.5. The first kappa shape index (κ1) is 22.1. The predicted molar refractivity (Wildman–Crippen MR) is 128 cm³/mol. The molecule has 1 heterocycles. The Morgan fingerprint density at radius 1 is 1.13 bits per heavy atom. The Labute approximate surface area is 187 Å². The number of rotatable bonds is 9. The van der Waals surface area contributed by atoms with Crippen LogP contribution in [-0.4, -0.2) is 34.9 Å². The smallest absolute Gasteiger partial charge is 0.266 e. The van der Waals surface area contributed by atoms with Gasteiger partial charge >= 0.3 is 0 Å². The van der Waals surface area contributed by atoms with Gasteiger partial charge in [0.1, 0.15) is 15.8 Å². The van der Waals surface area contributed by atoms with E-state index in [1.165, 1.54) is 22.9 Å². The molecule has 156 valence electrons. The number of amides is 1. The van der Waals surface area contributed by atoms with E-state index in [0.717, 1.165) is 23.5 Å². The zero-order valence-electron chi connectivity index (χ0n) is 17.2. The Hall–Kier alpha value is -2.57. The summed E-state index contributed by atoms with van der Waals surface area (Å²) < 4.78 is 12.3. The molecule has 1 saturated heterocycles. The van der Waals surface area contributed by atoms with Gasteiger partial charge in [-0.15, -0.1) is 6.58 Å². The quantitative estimate of drug-likeness (QED) is 0.222. The van der Waals surface area contributed by atoms with Gasteiger partial charge in [0.25, 0.3) is 5.91 Å². The standard InChI is InChI=1S/C24H25NO3S2/c1-4-12-25-23(26)22(30-24(25)29)16-19-9-6-10-20(15-19)27-13-7-14-28-21-11-5-8-17(2)18(21)3/h4-6,8-11,15-16H,1,7,12-14H2,2-3H3/b22-16-. The zero-order valence-corrected chi connectivity index (χ0v) is 18.9. The first-order valence-electron chi connectivity index (χ1n) is 9.77. The summed E-state index contributed by atoms with van der Waals surface area (Å²) in [4.78, 5) is 14.6. The van der Waals surface area contributed by atoms with E-state index in [0.29, 0.717) is 29.0 Å². The number of ether oxygens (including phenoxy) is 2. The normalized spacial score (nSPS) is 15.0. The lowest BCUT2D eigenvalue weighted by Gasteiger charge is -2.11. The number of nitrogens with zero attached hydrogens (tertiary/aromatic N) is 1. The van der Waals surface area contributed by atoms with Crippen LogP contribution in [0.15, 0.2) is 60.0 Å². The summed E-state index contributed by atoms with van der Waals surface area (Å²) in [5.41, 5.74) is 3.30. The molecule has 1 aliphatic rings. The summed E-state index contributed by atoms with van der Waals surface area (Å²) >= 11 is 6.59. The lowest BCUT2D eigenvalue weighted by atomic mass is 10.1. The summed E-state index contributed by atoms with van der Waals surface area (Å²) in [6.07, 6.45) is 4.29. The van der Waals surface area contributed by atoms with Crippen LogP contribution < -0.4 is 9.47 Å². The molecule has 4 nitrogen and oxygen atoms in total. The SMILES string of the molecule is C=CCN1C(=O)/C(=C/c2cccc(OCCCOc3cccc(C)c3C)c2)SC1=S. The lowest BCUT2D eigenvalue weighted by Crippen LogP contribution is -2.27. The van der Waals surface area contributed by atoms with Crippen molar-refractivity contribution in [3.05, 3.63) is 76.7 Å². The van der Waals surface area contributed by atoms with Crippen molar-refractivity contribution >= 4 is 40.3 Å². The van der Waals surface area contributed by atoms with E-state index >= 15 is 0 Å². The maximum atomic E-state index is 12.5. The highest BCUT2D eigenvalue weighted by Crippen LogP contribution is 2.32. The lowest BCUT2D eigenvalue weighted by molar-refractivity contribution is -0.121. The molecular formula is C24H25NO3S2. The number of thioether (sulfide) groups is 1. The Morgan fingerprint density at radius 3 is 2.70 bits per heavy atom. The average Bonchev–Trinajstić information content (AvgIpc) is 2.99. The summed E-state index contributed by atoms with van der Waals surface area (Å²) in [6.45, 7) is 9.39. The van der Waals surface area contributed by atoms with E-state index in [9.17, 15) is 4.79 Å². The minimum Gasteiger partial charge on any atom is -0.493 e. The van der Waals surface area contributed by atoms with E-state index in [2.05, 4.69) is 26.5 Å². The number of carbonyl (C=O) groups is 1. The van der Waals surface area contributed by atoms with E-state index in [-0.39, 0.29) is 5.91 Å². The van der Waals surface area contributed by atoms with Gasteiger partial charge in [-0.1, -0.05) is 54.3 Å². The molecule has 0 unspecified atom stereocenters. The molecule has 2 aromatic rings. The van der Waals surface area contributed by atoms with Crippen LogP contribution in [0.4, 0.5) is 0 Å². The highest BCUT2D eigenvalue weighted by molar-refractivity contribution is 8.26. The minimum absolute atomic E-state index is 0.0835. The number of hydrogen-bond acceptors (Lipinski definition) is 5. The third kappa shape index (κ3) is 5.52. The molecule has 0 aromatic heterocycles. The summed E-state index contributed by atoms with van der Waals surface area (Å²) in [5.74, 6) is 1.60. The summed E-state index contributed by atoms with van der Waals surface area (Å²) in [6, 6.07) is 13.8. The van der Waals surface area contributed by atoms with Crippen LogP contribution >= 0.6 is 24.0 Å². The Kier molecular flexibility index (Phi) is 7.71. The molecule has 1 aliphatic heterocycles. The highest BCUT2D eigenvalue weighted by Gasteiger charge is 2.30. The van der Waals surface area contributed by atoms with Crippen molar-refractivity contribution in [3.8, 4) is 11.5 Å². The van der Waals surface area contributed by atoms with Gasteiger partial charge < -0.3 is 9.47 Å². The average molecular weight is 440 g/mol. The van der Waals surface area contributed by atoms with Crippen molar-refractivity contribution in [3.63, 3.8) is 0 Å². The Balaban J connectivity index is 1.52. The first-order valence-corrected chi connectivity index (χ1v) is 11.0. The summed E-state index contributed by atoms with van der Waals surface area (Å²) in [7, 11) is 0. The van der Waals surface area contributed by atoms with Gasteiger partial charge in [0.15, 0.2) is 0 Å². The number of aryl methyl sites for hydroxylation is 1. The first-order chi connectivity index (χ1) is 14.5. The molecular weight excluding hydrogens is 414 g/mol. The van der Waals surface area contributed by atoms with E-state index < -0.39 is 0 Å². The van der Waals surface area contributed by atoms with Gasteiger partial charge in [0.2, 0.25) is 0 Å². The monoisotopic (exact) mass is 439 g/mol. The van der Waals surface area contributed by atoms with Crippen molar-refractivity contribution in [2.75, 3.05) is 19.8 Å². The molecule has 2 aromatic carbocycles. The molecule has 1 amide bonds. The number of hydrogen-bond donors (Lipinski definition) is 0. The van der Waals surface area contributed by atoms with Gasteiger partial charge in [0.05, 0.1) is 18.1 Å². The Bertz CT molecular complexity index is 984. The number of thiocarbonyl (C=S) groups is 1. The molecule has 0 radical (unpaired) electrons. The maximum absolute atomic E-state index is 12.5. The van der Waals surface area contributed by atoms with Crippen LogP contribution in [0, 0.1) is 13.8 Å². The van der Waals surface area contributed by atoms with Crippen LogP contribution in [0.5, 0.6) is 11.5 Å². The molecule has 0 saturated carbocycles. The second kappa shape index (κ2) is 10.5. The molecule has 0 atom stereocenters. The van der Waals surface area contributed by atoms with Gasteiger partial charge in [-0.2, -0.15) is 0 Å². The van der Waals surface area contributed by atoms with Gasteiger partial charge in [-0.05, 0) is 54.8 Å². The van der Waals surface area contributed by atoms with E-state index in [1.54, 1.807) is 11.0 Å². The molecule has 6 heteroatoms. The van der Waals surface area contributed by atoms with Crippen molar-refractivity contribution in [2.24, 2.45) is 0 Å². The fourth-order valence-corrected chi connectivity index (χ4v) is 4.22. The largest absolute Gasteiger partial charge is 0.493 e. The van der Waals surface area contributed by atoms with Gasteiger partial charge in [-0.25, -0.2) is 0 Å². The molecule has 3 rings (SSSR count). The van der Waals surface area contributed by atoms with Crippen molar-refractivity contribution < 1.29 is 14.3 Å². The fraction of sp³-hybridized carbons (Fsp3) is 0.250. The van der Waals surface area contributed by atoms with Crippen LogP contribution in [0.1, 0.15) is 23.1 Å². The van der Waals surface area contributed by atoms with Crippen molar-refractivity contribution in [1.29, 1.82) is 0 Å². The number of carbonyl (C=O) groups excluding carboxylic acids is 1. The molecule has 0 bridgehead atoms. The second-order valence-electron chi connectivity index (χ2n) is 6.90. The molecule has 1 fully saturated rings. The third-order valence-corrected chi connectivity index (χ3v) is 6.09. The molecule has 30 heavy (non-hydrogen) atoms. The Morgan fingerprint density at radius 2 is 1.90 bits per heavy atom. The molecule has 0 aliphatic carbocycles. The second-order valence-corrected chi connectivity index (χ2v) is 8.58. The summed E-state index contributed by atoms with van der Waals surface area (Å²) in [5, 5.41) is 0. The minimum atomic E-state index is -0.0835. The highest BCUT2D eigenvalue weighted by atomic mass is 32.2. The topological polar surface area (TPSA) is 38.8 Å². The van der Waals surface area contributed by atoms with Gasteiger partial charge in [0, 0.05) is 13.0 Å². The number of benzene rings is 2. The predicted octanol–water partition coefficient (Wildman–Crippen LogP) is 5.54. The van der Waals surface area contributed by atoms with E-state index in [4.69, 9.17) is 21.7 Å². The van der Waals surface area contributed by atoms with E-state index in [1.807, 2.05) is 42.5 Å². The molecule has 0 N–H and O–H groups in total. The van der Waals surface area contributed by atoms with Crippen LogP contribution in [-0.2, 0) is 4.79 Å².